The molecule has 0 aliphatic carbocycles. The number of rotatable bonds is 6. The van der Waals surface area contributed by atoms with Crippen LogP contribution in [0, 0.1) is 12.7 Å². The number of quaternary nitrogens is 1. The highest BCUT2D eigenvalue weighted by atomic mass is 19.1. The maximum atomic E-state index is 13.2. The summed E-state index contributed by atoms with van der Waals surface area (Å²) in [5.74, 6) is 0.252. The second-order valence-corrected chi connectivity index (χ2v) is 7.36. The van der Waals surface area contributed by atoms with Crippen molar-refractivity contribution in [1.82, 2.24) is 4.90 Å². The van der Waals surface area contributed by atoms with Gasteiger partial charge in [0.05, 0.1) is 39.7 Å². The number of hydrogen-bond acceptors (Lipinski definition) is 3. The van der Waals surface area contributed by atoms with Gasteiger partial charge in [0.2, 0.25) is 5.91 Å². The molecule has 1 aliphatic heterocycles. The average Bonchev–Trinajstić information content (AvgIpc) is 2.68. The van der Waals surface area contributed by atoms with Gasteiger partial charge < -0.3 is 19.9 Å². The van der Waals surface area contributed by atoms with Gasteiger partial charge in [-0.3, -0.25) is 9.59 Å². The lowest BCUT2D eigenvalue weighted by molar-refractivity contribution is -0.895. The second kappa shape index (κ2) is 9.52. The van der Waals surface area contributed by atoms with Gasteiger partial charge in [0.15, 0.2) is 6.54 Å². The van der Waals surface area contributed by atoms with Crippen LogP contribution < -0.4 is 15.0 Å². The Kier molecular flexibility index (Phi) is 6.82. The fourth-order valence-corrected chi connectivity index (χ4v) is 3.57. The predicted molar refractivity (Wildman–Crippen MR) is 109 cm³/mol. The van der Waals surface area contributed by atoms with Gasteiger partial charge in [-0.1, -0.05) is 23.8 Å². The number of halogens is 1. The third-order valence-electron chi connectivity index (χ3n) is 5.12. The standard InChI is InChI=1S/C22H26FN3O3/c1-16-6-7-20(29-2)17(12-16)13-22(28)26-10-8-25(9-11-26)15-21(27)24-19-5-3-4-18(23)14-19/h3-7,12,14H,8-11,13,15H2,1-2H3,(H,24,27)/p+1. The molecule has 1 fully saturated rings. The third-order valence-corrected chi connectivity index (χ3v) is 5.12. The van der Waals surface area contributed by atoms with Gasteiger partial charge in [0.25, 0.3) is 5.91 Å². The number of benzene rings is 2. The molecule has 0 radical (unpaired) electrons. The van der Waals surface area contributed by atoms with Gasteiger partial charge in [-0.25, -0.2) is 4.39 Å². The van der Waals surface area contributed by atoms with Crippen molar-refractivity contribution in [2.45, 2.75) is 13.3 Å². The number of aryl methyl sites for hydroxylation is 1. The maximum Gasteiger partial charge on any atom is 0.279 e. The third kappa shape index (κ3) is 5.77. The first-order valence-electron chi connectivity index (χ1n) is 9.75. The molecule has 0 aromatic heterocycles. The largest absolute Gasteiger partial charge is 0.496 e. The van der Waals surface area contributed by atoms with E-state index in [9.17, 15) is 14.0 Å². The number of carbonyl (C=O) groups excluding carboxylic acids is 2. The van der Waals surface area contributed by atoms with Crippen LogP contribution in [0.5, 0.6) is 5.75 Å². The Balaban J connectivity index is 1.48. The first-order chi connectivity index (χ1) is 13.9. The Morgan fingerprint density at radius 1 is 1.17 bits per heavy atom. The number of ether oxygens (including phenoxy) is 1. The highest BCUT2D eigenvalue weighted by Gasteiger charge is 2.25. The molecule has 0 unspecified atom stereocenters. The number of nitrogens with zero attached hydrogens (tertiary/aromatic N) is 1. The van der Waals surface area contributed by atoms with E-state index in [-0.39, 0.29) is 17.6 Å². The van der Waals surface area contributed by atoms with Crippen LogP contribution in [0.3, 0.4) is 0 Å². The van der Waals surface area contributed by atoms with Crippen molar-refractivity contribution in [3.05, 3.63) is 59.4 Å². The predicted octanol–water partition coefficient (Wildman–Crippen LogP) is 1.05. The van der Waals surface area contributed by atoms with E-state index >= 15 is 0 Å². The summed E-state index contributed by atoms with van der Waals surface area (Å²) in [5, 5.41) is 2.72. The Labute approximate surface area is 170 Å². The zero-order valence-electron chi connectivity index (χ0n) is 16.8. The minimum absolute atomic E-state index is 0.0668. The first-order valence-corrected chi connectivity index (χ1v) is 9.75. The molecule has 2 amide bonds. The summed E-state index contributed by atoms with van der Waals surface area (Å²) >= 11 is 0. The van der Waals surface area contributed by atoms with Crippen LogP contribution in [0.4, 0.5) is 10.1 Å². The van der Waals surface area contributed by atoms with Crippen molar-refractivity contribution in [3.8, 4) is 5.75 Å². The molecular weight excluding hydrogens is 373 g/mol. The molecule has 2 aromatic rings. The van der Waals surface area contributed by atoms with Crippen molar-refractivity contribution >= 4 is 17.5 Å². The monoisotopic (exact) mass is 400 g/mol. The summed E-state index contributed by atoms with van der Waals surface area (Å²) in [6, 6.07) is 11.7. The lowest BCUT2D eigenvalue weighted by Crippen LogP contribution is -3.15. The second-order valence-electron chi connectivity index (χ2n) is 7.36. The minimum atomic E-state index is -0.382. The highest BCUT2D eigenvalue weighted by Crippen LogP contribution is 2.20. The van der Waals surface area contributed by atoms with E-state index in [0.717, 1.165) is 21.8 Å². The maximum absolute atomic E-state index is 13.2. The molecule has 6 nitrogen and oxygen atoms in total. The molecule has 0 saturated carbocycles. The van der Waals surface area contributed by atoms with Gasteiger partial charge in [0.1, 0.15) is 11.6 Å². The summed E-state index contributed by atoms with van der Waals surface area (Å²) in [7, 11) is 1.61. The molecule has 2 aromatic carbocycles. The SMILES string of the molecule is COc1ccc(C)cc1CC(=O)N1CC[NH+](CC(=O)Nc2cccc(F)c2)CC1. The Morgan fingerprint density at radius 3 is 2.62 bits per heavy atom. The van der Waals surface area contributed by atoms with E-state index in [0.29, 0.717) is 44.8 Å². The van der Waals surface area contributed by atoms with Crippen LogP contribution in [0.1, 0.15) is 11.1 Å². The fourth-order valence-electron chi connectivity index (χ4n) is 3.57. The molecule has 3 rings (SSSR count). The van der Waals surface area contributed by atoms with Crippen LogP contribution in [-0.4, -0.2) is 56.5 Å². The van der Waals surface area contributed by atoms with Crippen molar-refractivity contribution < 1.29 is 23.6 Å². The van der Waals surface area contributed by atoms with Gasteiger partial charge in [-0.15, -0.1) is 0 Å². The Morgan fingerprint density at radius 2 is 1.93 bits per heavy atom. The molecule has 1 aliphatic rings. The van der Waals surface area contributed by atoms with Crippen molar-refractivity contribution in [3.63, 3.8) is 0 Å². The Bertz CT molecular complexity index is 879. The molecule has 1 heterocycles. The van der Waals surface area contributed by atoms with Crippen molar-refractivity contribution in [1.29, 1.82) is 0 Å². The number of piperazine rings is 1. The molecular formula is C22H27FN3O3+. The van der Waals surface area contributed by atoms with E-state index in [1.54, 1.807) is 19.2 Å². The first kappa shape index (κ1) is 20.8. The lowest BCUT2D eigenvalue weighted by Gasteiger charge is -2.32. The van der Waals surface area contributed by atoms with Gasteiger partial charge in [-0.2, -0.15) is 0 Å². The van der Waals surface area contributed by atoms with Gasteiger partial charge in [-0.05, 0) is 31.2 Å². The zero-order valence-corrected chi connectivity index (χ0v) is 16.8. The highest BCUT2D eigenvalue weighted by molar-refractivity contribution is 5.91. The summed E-state index contributed by atoms with van der Waals surface area (Å²) < 4.78 is 18.6. The molecule has 2 N–H and O–H groups in total. The molecule has 0 bridgehead atoms. The van der Waals surface area contributed by atoms with Crippen LogP contribution >= 0.6 is 0 Å². The number of nitrogens with one attached hydrogen (secondary N) is 2. The summed E-state index contributed by atoms with van der Waals surface area (Å²) in [4.78, 5) is 27.8. The van der Waals surface area contributed by atoms with E-state index in [4.69, 9.17) is 4.74 Å². The number of hydrogen-bond donors (Lipinski definition) is 2. The lowest BCUT2D eigenvalue weighted by atomic mass is 10.1. The van der Waals surface area contributed by atoms with E-state index in [1.165, 1.54) is 12.1 Å². The minimum Gasteiger partial charge on any atom is -0.496 e. The molecule has 1 saturated heterocycles. The smallest absolute Gasteiger partial charge is 0.279 e. The molecule has 0 spiro atoms. The number of amides is 2. The van der Waals surface area contributed by atoms with Crippen LogP contribution in [-0.2, 0) is 16.0 Å². The topological polar surface area (TPSA) is 63.1 Å². The van der Waals surface area contributed by atoms with E-state index in [2.05, 4.69) is 5.32 Å². The number of methoxy groups -OCH3 is 1. The van der Waals surface area contributed by atoms with Crippen molar-refractivity contribution in [2.75, 3.05) is 45.2 Å². The van der Waals surface area contributed by atoms with Gasteiger partial charge in [0, 0.05) is 11.3 Å². The number of carbonyl (C=O) groups is 2. The van der Waals surface area contributed by atoms with Crippen LogP contribution in [0.15, 0.2) is 42.5 Å². The zero-order chi connectivity index (χ0) is 20.8. The quantitative estimate of drug-likeness (QED) is 0.762. The Hall–Kier alpha value is -2.93. The molecule has 154 valence electrons. The number of anilines is 1. The fraction of sp³-hybridized carbons (Fsp3) is 0.364. The van der Waals surface area contributed by atoms with Crippen LogP contribution in [0.2, 0.25) is 0 Å². The van der Waals surface area contributed by atoms with E-state index < -0.39 is 0 Å². The molecule has 7 heteroatoms. The molecule has 29 heavy (non-hydrogen) atoms. The summed E-state index contributed by atoms with van der Waals surface area (Å²) in [6.07, 6.45) is 0.306. The van der Waals surface area contributed by atoms with Crippen LogP contribution in [0.25, 0.3) is 0 Å². The summed E-state index contributed by atoms with van der Waals surface area (Å²) in [5.41, 5.74) is 2.43. The van der Waals surface area contributed by atoms with Crippen molar-refractivity contribution in [2.24, 2.45) is 0 Å². The summed E-state index contributed by atoms with van der Waals surface area (Å²) in [6.45, 7) is 4.90. The molecule has 0 atom stereocenters. The van der Waals surface area contributed by atoms with E-state index in [1.807, 2.05) is 30.0 Å². The van der Waals surface area contributed by atoms with Gasteiger partial charge >= 0.3 is 0 Å². The average molecular weight is 400 g/mol. The normalized spacial score (nSPS) is 14.5.